The third-order valence-corrected chi connectivity index (χ3v) is 1.75. The summed E-state index contributed by atoms with van der Waals surface area (Å²) < 4.78 is 5.01. The number of rotatable bonds is 4. The summed E-state index contributed by atoms with van der Waals surface area (Å²) in [5, 5.41) is 11.1. The Morgan fingerprint density at radius 3 is 3.20 bits per heavy atom. The highest BCUT2D eigenvalue weighted by Gasteiger charge is 2.00. The Bertz CT molecular complexity index is 374. The fourth-order valence-corrected chi connectivity index (χ4v) is 0.902. The van der Waals surface area contributed by atoms with Gasteiger partial charge >= 0.3 is 0 Å². The molecule has 0 saturated carbocycles. The highest BCUT2D eigenvalue weighted by atomic mass is 16.3. The molecular formula is C11H12N2O2. The molecule has 1 unspecified atom stereocenters. The minimum atomic E-state index is -0.228. The molecule has 0 aromatic carbocycles. The lowest BCUT2D eigenvalue weighted by Gasteiger charge is -2.01. The molecule has 1 amide bonds. The first kappa shape index (κ1) is 11.1. The minimum Gasteiger partial charge on any atom is -0.465 e. The summed E-state index contributed by atoms with van der Waals surface area (Å²) in [6.07, 6.45) is 4.49. The van der Waals surface area contributed by atoms with Gasteiger partial charge in [-0.3, -0.25) is 4.79 Å². The Labute approximate surface area is 88.2 Å². The minimum absolute atomic E-state index is 0.175. The zero-order chi connectivity index (χ0) is 11.1. The van der Waals surface area contributed by atoms with E-state index < -0.39 is 0 Å². The Morgan fingerprint density at radius 2 is 2.60 bits per heavy atom. The molecular weight excluding hydrogens is 192 g/mol. The van der Waals surface area contributed by atoms with Crippen LogP contribution in [0.25, 0.3) is 6.08 Å². The average molecular weight is 204 g/mol. The zero-order valence-corrected chi connectivity index (χ0v) is 8.43. The predicted octanol–water partition coefficient (Wildman–Crippen LogP) is 1.57. The number of amides is 1. The largest absolute Gasteiger partial charge is 0.465 e. The Morgan fingerprint density at radius 1 is 1.80 bits per heavy atom. The molecule has 0 radical (unpaired) electrons. The van der Waals surface area contributed by atoms with E-state index >= 15 is 0 Å². The second-order valence-electron chi connectivity index (χ2n) is 3.12. The smallest absolute Gasteiger partial charge is 0.244 e. The van der Waals surface area contributed by atoms with Crippen molar-refractivity contribution in [2.75, 3.05) is 6.54 Å². The van der Waals surface area contributed by atoms with Crippen molar-refractivity contribution in [3.63, 3.8) is 0 Å². The summed E-state index contributed by atoms with van der Waals surface area (Å²) in [5.74, 6) is 0.220. The maximum absolute atomic E-state index is 11.2. The molecule has 1 aromatic rings. The Balaban J connectivity index is 2.34. The van der Waals surface area contributed by atoms with Gasteiger partial charge in [-0.2, -0.15) is 5.26 Å². The van der Waals surface area contributed by atoms with Gasteiger partial charge in [-0.1, -0.05) is 0 Å². The number of carbonyl (C=O) groups is 1. The van der Waals surface area contributed by atoms with Gasteiger partial charge in [0.1, 0.15) is 5.76 Å². The molecule has 1 rings (SSSR count). The summed E-state index contributed by atoms with van der Waals surface area (Å²) in [6, 6.07) is 5.53. The Hall–Kier alpha value is -2.02. The van der Waals surface area contributed by atoms with E-state index in [4.69, 9.17) is 9.68 Å². The van der Waals surface area contributed by atoms with Crippen LogP contribution in [0.3, 0.4) is 0 Å². The first-order valence-electron chi connectivity index (χ1n) is 4.61. The van der Waals surface area contributed by atoms with Crippen LogP contribution >= 0.6 is 0 Å². The standard InChI is InChI=1S/C11H12N2O2/c1-9(7-12)8-13-11(14)5-4-10-3-2-6-15-10/h2-6,9H,8H2,1H3,(H,13,14)/b5-4+. The SMILES string of the molecule is CC(C#N)CNC(=O)/C=C/c1ccco1. The molecule has 0 saturated heterocycles. The van der Waals surface area contributed by atoms with Gasteiger partial charge in [0.05, 0.1) is 18.3 Å². The van der Waals surface area contributed by atoms with Crippen LogP contribution in [0.15, 0.2) is 28.9 Å². The summed E-state index contributed by atoms with van der Waals surface area (Å²) in [6.45, 7) is 2.11. The summed E-state index contributed by atoms with van der Waals surface area (Å²) in [5.41, 5.74) is 0. The third kappa shape index (κ3) is 4.14. The van der Waals surface area contributed by atoms with Gasteiger partial charge in [0.2, 0.25) is 5.91 Å². The molecule has 0 spiro atoms. The molecule has 15 heavy (non-hydrogen) atoms. The molecule has 1 N–H and O–H groups in total. The first-order valence-corrected chi connectivity index (χ1v) is 4.61. The average Bonchev–Trinajstić information content (AvgIpc) is 2.75. The second kappa shape index (κ2) is 5.66. The number of nitriles is 1. The summed E-state index contributed by atoms with van der Waals surface area (Å²) in [4.78, 5) is 11.2. The van der Waals surface area contributed by atoms with Crippen molar-refractivity contribution in [3.8, 4) is 6.07 Å². The molecule has 1 aromatic heterocycles. The van der Waals surface area contributed by atoms with Gasteiger partial charge in [-0.05, 0) is 25.1 Å². The number of nitrogens with zero attached hydrogens (tertiary/aromatic N) is 1. The highest BCUT2D eigenvalue weighted by molar-refractivity contribution is 5.91. The van der Waals surface area contributed by atoms with Crippen LogP contribution in [0, 0.1) is 17.2 Å². The molecule has 1 atom stereocenters. The van der Waals surface area contributed by atoms with E-state index in [0.717, 1.165) is 0 Å². The number of hydrogen-bond acceptors (Lipinski definition) is 3. The van der Waals surface area contributed by atoms with Gasteiger partial charge in [-0.15, -0.1) is 0 Å². The van der Waals surface area contributed by atoms with Crippen LogP contribution in [0.1, 0.15) is 12.7 Å². The number of hydrogen-bond donors (Lipinski definition) is 1. The van der Waals surface area contributed by atoms with Gasteiger partial charge in [0.25, 0.3) is 0 Å². The van der Waals surface area contributed by atoms with E-state index in [1.807, 2.05) is 6.07 Å². The molecule has 4 nitrogen and oxygen atoms in total. The second-order valence-corrected chi connectivity index (χ2v) is 3.12. The van der Waals surface area contributed by atoms with Crippen LogP contribution in [0.2, 0.25) is 0 Å². The van der Waals surface area contributed by atoms with Crippen molar-refractivity contribution < 1.29 is 9.21 Å². The topological polar surface area (TPSA) is 66.0 Å². The van der Waals surface area contributed by atoms with Crippen molar-refractivity contribution in [1.82, 2.24) is 5.32 Å². The van der Waals surface area contributed by atoms with Crippen molar-refractivity contribution in [2.45, 2.75) is 6.92 Å². The lowest BCUT2D eigenvalue weighted by atomic mass is 10.2. The molecule has 0 aliphatic heterocycles. The summed E-state index contributed by atoms with van der Waals surface area (Å²) in [7, 11) is 0. The molecule has 78 valence electrons. The monoisotopic (exact) mass is 204 g/mol. The van der Waals surface area contributed by atoms with E-state index in [-0.39, 0.29) is 11.8 Å². The lowest BCUT2D eigenvalue weighted by Crippen LogP contribution is -2.25. The number of nitrogens with one attached hydrogen (secondary N) is 1. The van der Waals surface area contributed by atoms with Crippen molar-refractivity contribution >= 4 is 12.0 Å². The molecule has 0 bridgehead atoms. The van der Waals surface area contributed by atoms with Crippen LogP contribution in [0.5, 0.6) is 0 Å². The van der Waals surface area contributed by atoms with Gasteiger partial charge in [-0.25, -0.2) is 0 Å². The zero-order valence-electron chi connectivity index (χ0n) is 8.43. The van der Waals surface area contributed by atoms with Crippen molar-refractivity contribution in [3.05, 3.63) is 30.2 Å². The predicted molar refractivity (Wildman–Crippen MR) is 55.5 cm³/mol. The normalized spacial score (nSPS) is 12.3. The molecule has 0 fully saturated rings. The van der Waals surface area contributed by atoms with Crippen LogP contribution in [0.4, 0.5) is 0 Å². The molecule has 0 aliphatic rings. The van der Waals surface area contributed by atoms with E-state index in [1.165, 1.54) is 12.3 Å². The number of carbonyl (C=O) groups excluding carboxylic acids is 1. The maximum atomic E-state index is 11.2. The highest BCUT2D eigenvalue weighted by Crippen LogP contribution is 2.01. The van der Waals surface area contributed by atoms with Crippen LogP contribution in [-0.4, -0.2) is 12.5 Å². The first-order chi connectivity index (χ1) is 7.22. The van der Waals surface area contributed by atoms with E-state index in [2.05, 4.69) is 5.32 Å². The fourth-order valence-electron chi connectivity index (χ4n) is 0.902. The molecule has 4 heteroatoms. The van der Waals surface area contributed by atoms with Crippen LogP contribution < -0.4 is 5.32 Å². The van der Waals surface area contributed by atoms with Gasteiger partial charge in [0.15, 0.2) is 0 Å². The van der Waals surface area contributed by atoms with E-state index in [1.54, 1.807) is 25.1 Å². The van der Waals surface area contributed by atoms with Crippen molar-refractivity contribution in [1.29, 1.82) is 5.26 Å². The number of furan rings is 1. The van der Waals surface area contributed by atoms with Gasteiger partial charge < -0.3 is 9.73 Å². The quantitative estimate of drug-likeness (QED) is 0.757. The van der Waals surface area contributed by atoms with Crippen LogP contribution in [-0.2, 0) is 4.79 Å². The molecule has 1 heterocycles. The summed E-state index contributed by atoms with van der Waals surface area (Å²) >= 11 is 0. The lowest BCUT2D eigenvalue weighted by molar-refractivity contribution is -0.116. The van der Waals surface area contributed by atoms with Crippen molar-refractivity contribution in [2.24, 2.45) is 5.92 Å². The van der Waals surface area contributed by atoms with Gasteiger partial charge in [0, 0.05) is 12.6 Å². The fraction of sp³-hybridized carbons (Fsp3) is 0.273. The Kier molecular flexibility index (Phi) is 4.17. The van der Waals surface area contributed by atoms with E-state index in [9.17, 15) is 4.79 Å². The molecule has 0 aliphatic carbocycles. The third-order valence-electron chi connectivity index (χ3n) is 1.75. The maximum Gasteiger partial charge on any atom is 0.244 e. The van der Waals surface area contributed by atoms with E-state index in [0.29, 0.717) is 12.3 Å².